The number of hydrogen-bond acceptors (Lipinski definition) is 2. The standard InChI is InChI=1S/C14H18O2/c1-14(2,3)13(16)12(10-15)9-11-7-5-4-6-8-11/h4-8,10,12H,9H2,1-3H3. The van der Waals surface area contributed by atoms with E-state index in [2.05, 4.69) is 0 Å². The van der Waals surface area contributed by atoms with Crippen molar-refractivity contribution in [3.05, 3.63) is 35.9 Å². The molecular weight excluding hydrogens is 200 g/mol. The van der Waals surface area contributed by atoms with E-state index < -0.39 is 11.3 Å². The lowest BCUT2D eigenvalue weighted by atomic mass is 9.81. The van der Waals surface area contributed by atoms with Gasteiger partial charge in [-0.1, -0.05) is 51.1 Å². The van der Waals surface area contributed by atoms with Gasteiger partial charge in [-0.2, -0.15) is 0 Å². The molecule has 0 aliphatic heterocycles. The smallest absolute Gasteiger partial charge is 0.148 e. The molecule has 0 bridgehead atoms. The Labute approximate surface area is 96.7 Å². The Morgan fingerprint density at radius 1 is 1.25 bits per heavy atom. The predicted octanol–water partition coefficient (Wildman–Crippen LogP) is 2.66. The summed E-state index contributed by atoms with van der Waals surface area (Å²) >= 11 is 0. The van der Waals surface area contributed by atoms with Crippen molar-refractivity contribution in [2.24, 2.45) is 11.3 Å². The molecule has 1 rings (SSSR count). The van der Waals surface area contributed by atoms with E-state index in [9.17, 15) is 9.59 Å². The fourth-order valence-electron chi connectivity index (χ4n) is 1.63. The van der Waals surface area contributed by atoms with Gasteiger partial charge in [0, 0.05) is 5.41 Å². The van der Waals surface area contributed by atoms with Gasteiger partial charge in [-0.25, -0.2) is 0 Å². The minimum Gasteiger partial charge on any atom is -0.303 e. The first kappa shape index (κ1) is 12.6. The van der Waals surface area contributed by atoms with E-state index in [1.807, 2.05) is 51.1 Å². The van der Waals surface area contributed by atoms with Crippen LogP contribution in [0.1, 0.15) is 26.3 Å². The molecule has 1 aromatic carbocycles. The molecule has 16 heavy (non-hydrogen) atoms. The van der Waals surface area contributed by atoms with E-state index in [0.717, 1.165) is 11.8 Å². The quantitative estimate of drug-likeness (QED) is 0.575. The van der Waals surface area contributed by atoms with Gasteiger partial charge in [-0.3, -0.25) is 4.79 Å². The molecule has 0 aromatic heterocycles. The van der Waals surface area contributed by atoms with Crippen LogP contribution in [0.15, 0.2) is 30.3 Å². The van der Waals surface area contributed by atoms with Crippen molar-refractivity contribution < 1.29 is 9.59 Å². The van der Waals surface area contributed by atoms with E-state index in [4.69, 9.17) is 0 Å². The second-order valence-electron chi connectivity index (χ2n) is 5.05. The Balaban J connectivity index is 2.78. The first-order valence-corrected chi connectivity index (χ1v) is 5.48. The Kier molecular flexibility index (Phi) is 3.99. The van der Waals surface area contributed by atoms with Crippen LogP contribution in [0.3, 0.4) is 0 Å². The molecular formula is C14H18O2. The van der Waals surface area contributed by atoms with Gasteiger partial charge in [-0.05, 0) is 12.0 Å². The van der Waals surface area contributed by atoms with Gasteiger partial charge in [-0.15, -0.1) is 0 Å². The first-order chi connectivity index (χ1) is 7.45. The third kappa shape index (κ3) is 3.30. The highest BCUT2D eigenvalue weighted by atomic mass is 16.1. The lowest BCUT2D eigenvalue weighted by Gasteiger charge is -2.20. The number of benzene rings is 1. The number of carbonyl (C=O) groups excluding carboxylic acids is 2. The average molecular weight is 218 g/mol. The molecule has 0 heterocycles. The van der Waals surface area contributed by atoms with Gasteiger partial charge in [0.1, 0.15) is 12.1 Å². The maximum Gasteiger partial charge on any atom is 0.148 e. The van der Waals surface area contributed by atoms with Crippen LogP contribution >= 0.6 is 0 Å². The summed E-state index contributed by atoms with van der Waals surface area (Å²) in [5.41, 5.74) is 0.567. The third-order valence-electron chi connectivity index (χ3n) is 2.54. The normalized spacial score (nSPS) is 13.2. The maximum absolute atomic E-state index is 12.0. The number of ketones is 1. The van der Waals surface area contributed by atoms with Gasteiger partial charge >= 0.3 is 0 Å². The topological polar surface area (TPSA) is 34.1 Å². The van der Waals surface area contributed by atoms with Gasteiger partial charge in [0.15, 0.2) is 0 Å². The van der Waals surface area contributed by atoms with Crippen molar-refractivity contribution in [1.29, 1.82) is 0 Å². The average Bonchev–Trinajstić information content (AvgIpc) is 2.25. The van der Waals surface area contributed by atoms with Crippen LogP contribution in [0.5, 0.6) is 0 Å². The number of rotatable bonds is 4. The van der Waals surface area contributed by atoms with Crippen molar-refractivity contribution in [3.63, 3.8) is 0 Å². The van der Waals surface area contributed by atoms with E-state index >= 15 is 0 Å². The van der Waals surface area contributed by atoms with Crippen LogP contribution in [0.4, 0.5) is 0 Å². The van der Waals surface area contributed by atoms with E-state index in [0.29, 0.717) is 6.42 Å². The Hall–Kier alpha value is -1.44. The zero-order chi connectivity index (χ0) is 12.2. The molecule has 2 heteroatoms. The summed E-state index contributed by atoms with van der Waals surface area (Å²) in [4.78, 5) is 22.9. The Bertz CT molecular complexity index is 360. The number of carbonyl (C=O) groups is 2. The molecule has 1 atom stereocenters. The number of Topliss-reactive ketones (excluding diaryl/α,β-unsaturated/α-hetero) is 1. The molecule has 0 saturated heterocycles. The van der Waals surface area contributed by atoms with Crippen LogP contribution in [0.25, 0.3) is 0 Å². The molecule has 1 aromatic rings. The van der Waals surface area contributed by atoms with Crippen LogP contribution in [-0.2, 0) is 16.0 Å². The van der Waals surface area contributed by atoms with Gasteiger partial charge in [0.2, 0.25) is 0 Å². The highest BCUT2D eigenvalue weighted by Gasteiger charge is 2.29. The minimum atomic E-state index is -0.526. The molecule has 0 amide bonds. The van der Waals surface area contributed by atoms with Crippen LogP contribution in [0.2, 0.25) is 0 Å². The molecule has 0 saturated carbocycles. The van der Waals surface area contributed by atoms with Crippen molar-refractivity contribution in [1.82, 2.24) is 0 Å². The zero-order valence-electron chi connectivity index (χ0n) is 10.1. The zero-order valence-corrected chi connectivity index (χ0v) is 10.1. The van der Waals surface area contributed by atoms with Crippen LogP contribution < -0.4 is 0 Å². The van der Waals surface area contributed by atoms with E-state index in [-0.39, 0.29) is 5.78 Å². The Morgan fingerprint density at radius 3 is 2.25 bits per heavy atom. The monoisotopic (exact) mass is 218 g/mol. The molecule has 0 aliphatic rings. The third-order valence-corrected chi connectivity index (χ3v) is 2.54. The summed E-state index contributed by atoms with van der Waals surface area (Å²) < 4.78 is 0. The number of hydrogen-bond donors (Lipinski definition) is 0. The van der Waals surface area contributed by atoms with Crippen molar-refractivity contribution >= 4 is 12.1 Å². The van der Waals surface area contributed by atoms with Crippen LogP contribution in [-0.4, -0.2) is 12.1 Å². The molecule has 0 aliphatic carbocycles. The fourth-order valence-corrected chi connectivity index (χ4v) is 1.63. The molecule has 2 nitrogen and oxygen atoms in total. The largest absolute Gasteiger partial charge is 0.303 e. The molecule has 0 N–H and O–H groups in total. The molecule has 86 valence electrons. The fraction of sp³-hybridized carbons (Fsp3) is 0.429. The molecule has 0 spiro atoms. The van der Waals surface area contributed by atoms with Crippen molar-refractivity contribution in [2.75, 3.05) is 0 Å². The minimum absolute atomic E-state index is 0.00588. The molecule has 1 unspecified atom stereocenters. The van der Waals surface area contributed by atoms with Crippen LogP contribution in [0, 0.1) is 11.3 Å². The lowest BCUT2D eigenvalue weighted by Crippen LogP contribution is -2.30. The second kappa shape index (κ2) is 5.06. The van der Waals surface area contributed by atoms with Gasteiger partial charge in [0.25, 0.3) is 0 Å². The van der Waals surface area contributed by atoms with E-state index in [1.165, 1.54) is 0 Å². The van der Waals surface area contributed by atoms with Crippen molar-refractivity contribution in [3.8, 4) is 0 Å². The van der Waals surface area contributed by atoms with Gasteiger partial charge in [0.05, 0.1) is 5.92 Å². The molecule has 0 radical (unpaired) electrons. The summed E-state index contributed by atoms with van der Waals surface area (Å²) in [6.45, 7) is 5.53. The summed E-state index contributed by atoms with van der Waals surface area (Å²) in [5.74, 6) is -0.520. The Morgan fingerprint density at radius 2 is 1.81 bits per heavy atom. The first-order valence-electron chi connectivity index (χ1n) is 5.48. The predicted molar refractivity (Wildman–Crippen MR) is 64.2 cm³/mol. The summed E-state index contributed by atoms with van der Waals surface area (Å²) in [7, 11) is 0. The summed E-state index contributed by atoms with van der Waals surface area (Å²) in [5, 5.41) is 0. The highest BCUT2D eigenvalue weighted by molar-refractivity contribution is 5.96. The molecule has 0 fully saturated rings. The maximum atomic E-state index is 12.0. The SMILES string of the molecule is CC(C)(C)C(=O)C(C=O)Cc1ccccc1. The van der Waals surface area contributed by atoms with E-state index in [1.54, 1.807) is 0 Å². The summed E-state index contributed by atoms with van der Waals surface area (Å²) in [6.07, 6.45) is 1.26. The number of aldehydes is 1. The second-order valence-corrected chi connectivity index (χ2v) is 5.05. The van der Waals surface area contributed by atoms with Gasteiger partial charge < -0.3 is 4.79 Å². The lowest BCUT2D eigenvalue weighted by molar-refractivity contribution is -0.133. The van der Waals surface area contributed by atoms with Crippen molar-refractivity contribution in [2.45, 2.75) is 27.2 Å². The highest BCUT2D eigenvalue weighted by Crippen LogP contribution is 2.21. The summed E-state index contributed by atoms with van der Waals surface area (Å²) in [6, 6.07) is 9.63.